The second-order valence-electron chi connectivity index (χ2n) is 8.88. The van der Waals surface area contributed by atoms with Crippen molar-refractivity contribution in [2.75, 3.05) is 19.8 Å². The number of aryl methyl sites for hydroxylation is 2. The Bertz CT molecular complexity index is 904. The van der Waals surface area contributed by atoms with Crippen molar-refractivity contribution < 1.29 is 18.6 Å². The van der Waals surface area contributed by atoms with Crippen molar-refractivity contribution in [3.63, 3.8) is 0 Å². The van der Waals surface area contributed by atoms with Gasteiger partial charge in [-0.15, -0.1) is 0 Å². The number of alkyl halides is 1. The average molecular weight is 413 g/mol. The maximum Gasteiger partial charge on any atom is 0.223 e. The summed E-state index contributed by atoms with van der Waals surface area (Å²) in [6, 6.07) is 4.17. The summed E-state index contributed by atoms with van der Waals surface area (Å²) in [6.45, 7) is 5.51. The Hall–Kier alpha value is -2.12. The van der Waals surface area contributed by atoms with Crippen molar-refractivity contribution in [3.05, 3.63) is 47.2 Å². The second-order valence-corrected chi connectivity index (χ2v) is 8.88. The molecule has 1 saturated heterocycles. The van der Waals surface area contributed by atoms with E-state index in [-0.39, 0.29) is 0 Å². The fourth-order valence-electron chi connectivity index (χ4n) is 4.63. The molecule has 0 N–H and O–H groups in total. The third kappa shape index (κ3) is 3.81. The quantitative estimate of drug-likeness (QED) is 0.734. The number of hydrogen-bond acceptors (Lipinski definition) is 6. The summed E-state index contributed by atoms with van der Waals surface area (Å²) in [6.07, 6.45) is 6.22. The van der Waals surface area contributed by atoms with Gasteiger partial charge in [0.1, 0.15) is 11.5 Å². The minimum absolute atomic E-state index is 0.315. The lowest BCUT2D eigenvalue weighted by Crippen LogP contribution is -2.40. The van der Waals surface area contributed by atoms with Crippen LogP contribution in [-0.2, 0) is 15.1 Å². The summed E-state index contributed by atoms with van der Waals surface area (Å²) in [5.74, 6) is 1.14. The number of halogens is 1. The minimum Gasteiger partial charge on any atom is -0.477 e. The van der Waals surface area contributed by atoms with E-state index in [1.807, 2.05) is 13.1 Å². The molecular formula is C23H28FN3O3. The molecule has 1 spiro atoms. The van der Waals surface area contributed by atoms with Gasteiger partial charge in [-0.25, -0.2) is 9.37 Å². The Balaban J connectivity index is 1.27. The van der Waals surface area contributed by atoms with E-state index < -0.39 is 11.5 Å². The SMILES string of the molecule is Cc1ccc([C@H]2C[C@@H]2COc2nc(C)ncc2C2(F)CCC3(CC2)OCCO3)nc1. The molecular weight excluding hydrogens is 385 g/mol. The van der Waals surface area contributed by atoms with E-state index in [4.69, 9.17) is 14.2 Å². The van der Waals surface area contributed by atoms with Crippen molar-refractivity contribution in [2.45, 2.75) is 63.3 Å². The molecule has 0 unspecified atom stereocenters. The molecule has 1 aliphatic heterocycles. The Kier molecular flexibility index (Phi) is 4.98. The number of nitrogens with zero attached hydrogens (tertiary/aromatic N) is 3. The van der Waals surface area contributed by atoms with E-state index >= 15 is 4.39 Å². The van der Waals surface area contributed by atoms with E-state index in [2.05, 4.69) is 27.1 Å². The summed E-state index contributed by atoms with van der Waals surface area (Å²) in [5.41, 5.74) is 1.19. The molecule has 5 rings (SSSR count). The zero-order chi connectivity index (χ0) is 20.8. The fourth-order valence-corrected chi connectivity index (χ4v) is 4.63. The van der Waals surface area contributed by atoms with E-state index in [1.165, 1.54) is 0 Å². The van der Waals surface area contributed by atoms with Crippen LogP contribution in [0.4, 0.5) is 4.39 Å². The molecule has 2 aliphatic carbocycles. The van der Waals surface area contributed by atoms with Gasteiger partial charge >= 0.3 is 0 Å². The Morgan fingerprint density at radius 2 is 1.83 bits per heavy atom. The van der Waals surface area contributed by atoms with Gasteiger partial charge in [0.05, 0.1) is 25.4 Å². The number of rotatable bonds is 5. The average Bonchev–Trinajstić information content (AvgIpc) is 3.38. The molecule has 30 heavy (non-hydrogen) atoms. The van der Waals surface area contributed by atoms with Gasteiger partial charge in [0.25, 0.3) is 0 Å². The Labute approximate surface area is 176 Å². The highest BCUT2D eigenvalue weighted by Gasteiger charge is 2.49. The molecule has 2 saturated carbocycles. The molecule has 160 valence electrons. The lowest BCUT2D eigenvalue weighted by molar-refractivity contribution is -0.194. The minimum atomic E-state index is -1.52. The van der Waals surface area contributed by atoms with Crippen LogP contribution in [0.15, 0.2) is 24.5 Å². The Morgan fingerprint density at radius 3 is 2.53 bits per heavy atom. The van der Waals surface area contributed by atoms with Gasteiger partial charge in [0.15, 0.2) is 5.79 Å². The number of pyridine rings is 1. The highest BCUT2D eigenvalue weighted by molar-refractivity contribution is 5.31. The molecule has 2 atom stereocenters. The lowest BCUT2D eigenvalue weighted by Gasteiger charge is -2.39. The first-order chi connectivity index (χ1) is 14.5. The van der Waals surface area contributed by atoms with Crippen LogP contribution in [0.1, 0.15) is 60.7 Å². The first-order valence-electron chi connectivity index (χ1n) is 10.8. The van der Waals surface area contributed by atoms with Crippen molar-refractivity contribution in [1.82, 2.24) is 15.0 Å². The second kappa shape index (κ2) is 7.54. The van der Waals surface area contributed by atoms with Gasteiger partial charge < -0.3 is 14.2 Å². The van der Waals surface area contributed by atoms with Crippen LogP contribution < -0.4 is 4.74 Å². The van der Waals surface area contributed by atoms with Gasteiger partial charge in [-0.05, 0) is 44.7 Å². The summed E-state index contributed by atoms with van der Waals surface area (Å²) in [7, 11) is 0. The maximum atomic E-state index is 16.0. The highest BCUT2D eigenvalue weighted by Crippen LogP contribution is 2.50. The molecule has 0 radical (unpaired) electrons. The van der Waals surface area contributed by atoms with E-state index in [0.717, 1.165) is 17.7 Å². The summed E-state index contributed by atoms with van der Waals surface area (Å²) < 4.78 is 33.5. The van der Waals surface area contributed by atoms with Gasteiger partial charge in [-0.3, -0.25) is 4.98 Å². The lowest BCUT2D eigenvalue weighted by atomic mass is 9.79. The van der Waals surface area contributed by atoms with E-state index in [1.54, 1.807) is 13.1 Å². The molecule has 3 aliphatic rings. The molecule has 0 aromatic carbocycles. The van der Waals surface area contributed by atoms with E-state index in [9.17, 15) is 0 Å². The summed E-state index contributed by atoms with van der Waals surface area (Å²) in [4.78, 5) is 13.2. The monoisotopic (exact) mass is 413 g/mol. The van der Waals surface area contributed by atoms with Crippen LogP contribution in [0, 0.1) is 19.8 Å². The van der Waals surface area contributed by atoms with Crippen LogP contribution in [-0.4, -0.2) is 40.6 Å². The largest absolute Gasteiger partial charge is 0.477 e. The van der Waals surface area contributed by atoms with Crippen LogP contribution >= 0.6 is 0 Å². The zero-order valence-corrected chi connectivity index (χ0v) is 17.6. The van der Waals surface area contributed by atoms with Crippen molar-refractivity contribution >= 4 is 0 Å². The first kappa shape index (κ1) is 19.8. The van der Waals surface area contributed by atoms with Crippen molar-refractivity contribution in [2.24, 2.45) is 5.92 Å². The molecule has 2 aromatic heterocycles. The number of aromatic nitrogens is 3. The smallest absolute Gasteiger partial charge is 0.223 e. The molecule has 3 fully saturated rings. The summed E-state index contributed by atoms with van der Waals surface area (Å²) >= 11 is 0. The third-order valence-electron chi connectivity index (χ3n) is 6.65. The van der Waals surface area contributed by atoms with Crippen LogP contribution in [0.5, 0.6) is 5.88 Å². The van der Waals surface area contributed by atoms with Crippen LogP contribution in [0.3, 0.4) is 0 Å². The third-order valence-corrected chi connectivity index (χ3v) is 6.65. The Morgan fingerprint density at radius 1 is 1.07 bits per heavy atom. The van der Waals surface area contributed by atoms with Crippen molar-refractivity contribution in [3.8, 4) is 5.88 Å². The zero-order valence-electron chi connectivity index (χ0n) is 17.6. The highest BCUT2D eigenvalue weighted by atomic mass is 19.1. The molecule has 2 aromatic rings. The van der Waals surface area contributed by atoms with E-state index in [0.29, 0.717) is 74.6 Å². The van der Waals surface area contributed by atoms with Gasteiger partial charge in [-0.1, -0.05) is 6.07 Å². The number of ether oxygens (including phenoxy) is 3. The molecule has 6 nitrogen and oxygen atoms in total. The predicted molar refractivity (Wildman–Crippen MR) is 108 cm³/mol. The normalized spacial score (nSPS) is 26.6. The fraction of sp³-hybridized carbons (Fsp3) is 0.609. The maximum absolute atomic E-state index is 16.0. The van der Waals surface area contributed by atoms with Crippen LogP contribution in [0.2, 0.25) is 0 Å². The molecule has 0 amide bonds. The van der Waals surface area contributed by atoms with Crippen LogP contribution in [0.25, 0.3) is 0 Å². The predicted octanol–water partition coefficient (Wildman–Crippen LogP) is 4.15. The van der Waals surface area contributed by atoms with Gasteiger partial charge in [0, 0.05) is 42.8 Å². The topological polar surface area (TPSA) is 66.4 Å². The molecule has 3 heterocycles. The van der Waals surface area contributed by atoms with Crippen molar-refractivity contribution in [1.29, 1.82) is 0 Å². The first-order valence-corrected chi connectivity index (χ1v) is 10.8. The number of hydrogen-bond donors (Lipinski definition) is 0. The van der Waals surface area contributed by atoms with Gasteiger partial charge in [0.2, 0.25) is 5.88 Å². The summed E-state index contributed by atoms with van der Waals surface area (Å²) in [5, 5.41) is 0. The molecule has 7 heteroatoms. The standard InChI is InChI=1S/C23H28FN3O3/c1-15-3-4-20(26-12-15)18-11-17(18)14-28-21-19(13-25-16(2)27-21)22(24)5-7-23(8-6-22)29-9-10-30-23/h3-4,12-13,17-18H,5-11,14H2,1-2H3/t17-,18+/m1/s1. The van der Waals surface area contributed by atoms with Gasteiger partial charge in [-0.2, -0.15) is 4.98 Å². The molecule has 0 bridgehead atoms.